The number of allylic oxidation sites excluding steroid dienone is 4. The van der Waals surface area contributed by atoms with Crippen molar-refractivity contribution >= 4 is 22.6 Å². The second-order valence-corrected chi connectivity index (χ2v) is 14.7. The van der Waals surface area contributed by atoms with Crippen molar-refractivity contribution in [1.82, 2.24) is 0 Å². The zero-order valence-electron chi connectivity index (χ0n) is 31.2. The number of hydrogen-bond donors (Lipinski definition) is 0. The SMILES string of the molecule is C1=CCCC(c2ccc(N(c3ccc(-c4ccccc4)cc3)c3ccccc3-c3cccc4c3-c3ccccc3C4(c3ccccc3)c3ccccc3)cc2)=C1. The van der Waals surface area contributed by atoms with Crippen LogP contribution in [0, 0.1) is 0 Å². The lowest BCUT2D eigenvalue weighted by molar-refractivity contribution is 0.768. The minimum Gasteiger partial charge on any atom is -0.310 e. The molecule has 0 N–H and O–H groups in total. The Morgan fingerprint density at radius 1 is 0.393 bits per heavy atom. The van der Waals surface area contributed by atoms with Gasteiger partial charge in [-0.05, 0) is 104 Å². The molecule has 0 atom stereocenters. The van der Waals surface area contributed by atoms with Crippen molar-refractivity contribution in [2.24, 2.45) is 0 Å². The van der Waals surface area contributed by atoms with E-state index in [0.29, 0.717) is 0 Å². The van der Waals surface area contributed by atoms with Gasteiger partial charge in [0.2, 0.25) is 0 Å². The summed E-state index contributed by atoms with van der Waals surface area (Å²) in [6.07, 6.45) is 8.84. The molecule has 8 aromatic rings. The van der Waals surface area contributed by atoms with Gasteiger partial charge in [0.15, 0.2) is 0 Å². The van der Waals surface area contributed by atoms with Crippen LogP contribution in [0.15, 0.2) is 224 Å². The van der Waals surface area contributed by atoms with Crippen molar-refractivity contribution < 1.29 is 0 Å². The number of nitrogens with zero attached hydrogens (tertiary/aromatic N) is 1. The van der Waals surface area contributed by atoms with Crippen molar-refractivity contribution in [3.63, 3.8) is 0 Å². The van der Waals surface area contributed by atoms with Gasteiger partial charge in [0.1, 0.15) is 0 Å². The van der Waals surface area contributed by atoms with E-state index >= 15 is 0 Å². The lowest BCUT2D eigenvalue weighted by Crippen LogP contribution is -2.28. The summed E-state index contributed by atoms with van der Waals surface area (Å²) in [6, 6.07) is 75.9. The first-order chi connectivity index (χ1) is 27.8. The van der Waals surface area contributed by atoms with Crippen molar-refractivity contribution in [1.29, 1.82) is 0 Å². The number of benzene rings is 8. The fourth-order valence-corrected chi connectivity index (χ4v) is 9.14. The predicted octanol–water partition coefficient (Wildman–Crippen LogP) is 14.6. The van der Waals surface area contributed by atoms with Crippen LogP contribution in [-0.4, -0.2) is 0 Å². The second kappa shape index (κ2) is 14.4. The monoisotopic (exact) mass is 715 g/mol. The third kappa shape index (κ3) is 5.63. The maximum atomic E-state index is 2.44. The Morgan fingerprint density at radius 2 is 0.911 bits per heavy atom. The highest BCUT2D eigenvalue weighted by Gasteiger charge is 2.46. The average Bonchev–Trinajstić information content (AvgIpc) is 3.60. The van der Waals surface area contributed by atoms with E-state index in [1.54, 1.807) is 0 Å². The van der Waals surface area contributed by atoms with Gasteiger partial charge >= 0.3 is 0 Å². The first-order valence-corrected chi connectivity index (χ1v) is 19.7. The van der Waals surface area contributed by atoms with E-state index in [-0.39, 0.29) is 0 Å². The van der Waals surface area contributed by atoms with Gasteiger partial charge in [-0.25, -0.2) is 0 Å². The van der Waals surface area contributed by atoms with Gasteiger partial charge in [-0.3, -0.25) is 0 Å². The molecule has 0 aliphatic heterocycles. The molecule has 2 aliphatic carbocycles. The van der Waals surface area contributed by atoms with Gasteiger partial charge in [-0.1, -0.05) is 194 Å². The number of fused-ring (bicyclic) bond motifs is 3. The topological polar surface area (TPSA) is 3.24 Å². The Bertz CT molecular complexity index is 2670. The van der Waals surface area contributed by atoms with Gasteiger partial charge in [0.25, 0.3) is 0 Å². The maximum absolute atomic E-state index is 2.44. The summed E-state index contributed by atoms with van der Waals surface area (Å²) in [5, 5.41) is 0. The Morgan fingerprint density at radius 3 is 1.55 bits per heavy atom. The molecule has 0 spiro atoms. The first-order valence-electron chi connectivity index (χ1n) is 19.7. The quantitative estimate of drug-likeness (QED) is 0.151. The van der Waals surface area contributed by atoms with Crippen molar-refractivity contribution in [3.8, 4) is 33.4 Å². The van der Waals surface area contributed by atoms with E-state index in [4.69, 9.17) is 0 Å². The minimum absolute atomic E-state index is 0.467. The van der Waals surface area contributed by atoms with Crippen LogP contribution in [0.25, 0.3) is 39.0 Å². The van der Waals surface area contributed by atoms with Crippen molar-refractivity contribution in [2.75, 3.05) is 4.90 Å². The van der Waals surface area contributed by atoms with Crippen LogP contribution >= 0.6 is 0 Å². The Hall–Kier alpha value is -6.96. The standard InChI is InChI=1S/C55H41N/c1-5-18-40(19-6-1)42-32-36-46(37-33-42)56(47-38-34-43(35-39-47)41-20-7-2-8-21-41)53-31-16-14-26-48(53)49-28-17-30-52-54(49)50-27-13-15-29-51(50)55(52,44-22-9-3-10-23-44)45-24-11-4-12-25-45/h1-7,9-20,22-39H,8,21H2. The third-order valence-electron chi connectivity index (χ3n) is 11.7. The molecule has 266 valence electrons. The lowest BCUT2D eigenvalue weighted by Gasteiger charge is -2.34. The number of rotatable bonds is 8. The molecule has 0 radical (unpaired) electrons. The number of hydrogen-bond acceptors (Lipinski definition) is 1. The zero-order chi connectivity index (χ0) is 37.3. The smallest absolute Gasteiger partial charge is 0.0713 e. The molecule has 0 heterocycles. The van der Waals surface area contributed by atoms with Crippen molar-refractivity contribution in [3.05, 3.63) is 252 Å². The minimum atomic E-state index is -0.467. The zero-order valence-corrected chi connectivity index (χ0v) is 31.2. The number of para-hydroxylation sites is 1. The molecule has 10 rings (SSSR count). The molecule has 0 bridgehead atoms. The van der Waals surface area contributed by atoms with Crippen LogP contribution < -0.4 is 4.90 Å². The van der Waals surface area contributed by atoms with Crippen LogP contribution in [0.4, 0.5) is 17.1 Å². The maximum Gasteiger partial charge on any atom is 0.0713 e. The summed E-state index contributed by atoms with van der Waals surface area (Å²) in [5.41, 5.74) is 18.1. The fourth-order valence-electron chi connectivity index (χ4n) is 9.14. The van der Waals surface area contributed by atoms with E-state index < -0.39 is 5.41 Å². The normalized spacial score (nSPS) is 13.8. The lowest BCUT2D eigenvalue weighted by atomic mass is 9.67. The van der Waals surface area contributed by atoms with Gasteiger partial charge in [0.05, 0.1) is 11.1 Å². The Balaban J connectivity index is 1.19. The van der Waals surface area contributed by atoms with E-state index in [9.17, 15) is 0 Å². The molecule has 0 unspecified atom stereocenters. The van der Waals surface area contributed by atoms with Crippen LogP contribution in [0.5, 0.6) is 0 Å². The summed E-state index contributed by atoms with van der Waals surface area (Å²) < 4.78 is 0. The van der Waals surface area contributed by atoms with Crippen LogP contribution in [0.3, 0.4) is 0 Å². The van der Waals surface area contributed by atoms with Crippen molar-refractivity contribution in [2.45, 2.75) is 18.3 Å². The summed E-state index contributed by atoms with van der Waals surface area (Å²) in [4.78, 5) is 2.44. The summed E-state index contributed by atoms with van der Waals surface area (Å²) >= 11 is 0. The van der Waals surface area contributed by atoms with Gasteiger partial charge < -0.3 is 4.90 Å². The summed E-state index contributed by atoms with van der Waals surface area (Å²) in [6.45, 7) is 0. The molecule has 1 nitrogen and oxygen atoms in total. The number of anilines is 3. The molecular weight excluding hydrogens is 675 g/mol. The van der Waals surface area contributed by atoms with E-state index in [1.807, 2.05) is 0 Å². The summed E-state index contributed by atoms with van der Waals surface area (Å²) in [5.74, 6) is 0. The molecule has 56 heavy (non-hydrogen) atoms. The van der Waals surface area contributed by atoms with Gasteiger partial charge in [-0.15, -0.1) is 0 Å². The molecule has 8 aromatic carbocycles. The highest BCUT2D eigenvalue weighted by Crippen LogP contribution is 2.59. The predicted molar refractivity (Wildman–Crippen MR) is 236 cm³/mol. The molecule has 0 fully saturated rings. The van der Waals surface area contributed by atoms with Crippen LogP contribution in [0.2, 0.25) is 0 Å². The molecule has 0 aromatic heterocycles. The molecule has 0 saturated carbocycles. The molecule has 1 heteroatoms. The first kappa shape index (κ1) is 33.6. The van der Waals surface area contributed by atoms with Crippen LogP contribution in [-0.2, 0) is 5.41 Å². The van der Waals surface area contributed by atoms with Gasteiger partial charge in [0, 0.05) is 16.9 Å². The molecular formula is C55H41N. The van der Waals surface area contributed by atoms with E-state index in [0.717, 1.165) is 29.9 Å². The Labute approximate surface area is 330 Å². The van der Waals surface area contributed by atoms with E-state index in [2.05, 4.69) is 229 Å². The molecule has 0 saturated heterocycles. The highest BCUT2D eigenvalue weighted by atomic mass is 15.1. The Kier molecular flexibility index (Phi) is 8.61. The van der Waals surface area contributed by atoms with E-state index in [1.165, 1.54) is 66.8 Å². The average molecular weight is 716 g/mol. The van der Waals surface area contributed by atoms with Crippen LogP contribution in [0.1, 0.15) is 40.7 Å². The highest BCUT2D eigenvalue weighted by molar-refractivity contribution is 6.00. The molecule has 0 amide bonds. The molecule has 2 aliphatic rings. The fraction of sp³-hybridized carbons (Fsp3) is 0.0545. The second-order valence-electron chi connectivity index (χ2n) is 14.7. The summed E-state index contributed by atoms with van der Waals surface area (Å²) in [7, 11) is 0. The van der Waals surface area contributed by atoms with Gasteiger partial charge in [-0.2, -0.15) is 0 Å². The largest absolute Gasteiger partial charge is 0.310 e. The third-order valence-corrected chi connectivity index (χ3v) is 11.7.